The zero-order valence-electron chi connectivity index (χ0n) is 15.9. The molecule has 0 saturated heterocycles. The molecule has 158 valence electrons. The topological polar surface area (TPSA) is 101 Å². The van der Waals surface area contributed by atoms with Crippen molar-refractivity contribution in [2.24, 2.45) is 5.73 Å². The van der Waals surface area contributed by atoms with E-state index in [4.69, 9.17) is 19.9 Å². The number of hydrogen-bond acceptors (Lipinski definition) is 6. The minimum Gasteiger partial charge on any atom is -0.493 e. The first-order chi connectivity index (χ1) is 14.2. The smallest absolute Gasteiger partial charge is 0.416 e. The fraction of sp³-hybridized carbons (Fsp3) is 0.211. The highest BCUT2D eigenvalue weighted by Gasteiger charge is 2.30. The van der Waals surface area contributed by atoms with Crippen LogP contribution >= 0.6 is 0 Å². The lowest BCUT2D eigenvalue weighted by Gasteiger charge is -2.12. The summed E-state index contributed by atoms with van der Waals surface area (Å²) in [7, 11) is 2.87. The molecular weight excluding hydrogens is 405 g/mol. The van der Waals surface area contributed by atoms with Gasteiger partial charge in [0, 0.05) is 6.07 Å². The molecule has 0 aliphatic rings. The Morgan fingerprint density at radius 3 is 2.30 bits per heavy atom. The Hall–Kier alpha value is -3.76. The second-order valence-corrected chi connectivity index (χ2v) is 6.05. The van der Waals surface area contributed by atoms with Crippen molar-refractivity contribution in [1.82, 2.24) is 15.0 Å². The minimum absolute atomic E-state index is 0.0510. The van der Waals surface area contributed by atoms with E-state index in [0.717, 1.165) is 12.1 Å². The molecule has 0 spiro atoms. The SMILES string of the molecule is COc1cc(C(N)=O)c(-n2cc(COc3ccc(C(F)(F)F)cc3)nn2)cc1OC. The number of methoxy groups -OCH3 is 2. The van der Waals surface area contributed by atoms with Crippen LogP contribution in [0.1, 0.15) is 21.6 Å². The third-order valence-corrected chi connectivity index (χ3v) is 4.12. The van der Waals surface area contributed by atoms with Gasteiger partial charge in [-0.3, -0.25) is 4.79 Å². The number of rotatable bonds is 7. The highest BCUT2D eigenvalue weighted by atomic mass is 19.4. The Morgan fingerprint density at radius 2 is 1.73 bits per heavy atom. The molecule has 8 nitrogen and oxygen atoms in total. The first-order valence-corrected chi connectivity index (χ1v) is 8.50. The summed E-state index contributed by atoms with van der Waals surface area (Å²) in [6, 6.07) is 7.23. The zero-order valence-corrected chi connectivity index (χ0v) is 15.9. The van der Waals surface area contributed by atoms with Gasteiger partial charge in [-0.1, -0.05) is 5.21 Å². The summed E-state index contributed by atoms with van der Waals surface area (Å²) in [5, 5.41) is 7.90. The van der Waals surface area contributed by atoms with Gasteiger partial charge in [0.25, 0.3) is 5.91 Å². The van der Waals surface area contributed by atoms with Crippen LogP contribution in [-0.2, 0) is 12.8 Å². The van der Waals surface area contributed by atoms with E-state index >= 15 is 0 Å². The van der Waals surface area contributed by atoms with Crippen molar-refractivity contribution in [2.75, 3.05) is 14.2 Å². The van der Waals surface area contributed by atoms with Gasteiger partial charge in [0.15, 0.2) is 11.5 Å². The Balaban J connectivity index is 1.80. The molecule has 0 fully saturated rings. The maximum absolute atomic E-state index is 12.6. The number of hydrogen-bond donors (Lipinski definition) is 1. The third kappa shape index (κ3) is 4.45. The normalized spacial score (nSPS) is 11.2. The average molecular weight is 422 g/mol. The van der Waals surface area contributed by atoms with Crippen LogP contribution in [0.2, 0.25) is 0 Å². The van der Waals surface area contributed by atoms with Gasteiger partial charge in [0.1, 0.15) is 18.1 Å². The predicted molar refractivity (Wildman–Crippen MR) is 98.8 cm³/mol. The van der Waals surface area contributed by atoms with Crippen LogP contribution in [-0.4, -0.2) is 35.1 Å². The number of aromatic nitrogens is 3. The molecule has 1 aromatic heterocycles. The minimum atomic E-state index is -4.42. The van der Waals surface area contributed by atoms with Gasteiger partial charge in [-0.05, 0) is 30.3 Å². The molecule has 30 heavy (non-hydrogen) atoms. The molecule has 2 N–H and O–H groups in total. The Bertz CT molecular complexity index is 1050. The molecule has 0 unspecified atom stereocenters. The summed E-state index contributed by atoms with van der Waals surface area (Å²) in [5.74, 6) is 0.210. The van der Waals surface area contributed by atoms with Crippen LogP contribution in [0.25, 0.3) is 5.69 Å². The number of halogens is 3. The fourth-order valence-electron chi connectivity index (χ4n) is 2.63. The van der Waals surface area contributed by atoms with Gasteiger partial charge in [-0.2, -0.15) is 13.2 Å². The number of primary amides is 1. The molecular formula is C19H17F3N4O4. The number of benzene rings is 2. The quantitative estimate of drug-likeness (QED) is 0.628. The molecule has 1 heterocycles. The van der Waals surface area contributed by atoms with Gasteiger partial charge >= 0.3 is 6.18 Å². The predicted octanol–water partition coefficient (Wildman–Crippen LogP) is 2.98. The van der Waals surface area contributed by atoms with E-state index < -0.39 is 17.6 Å². The van der Waals surface area contributed by atoms with E-state index in [-0.39, 0.29) is 17.9 Å². The van der Waals surface area contributed by atoms with Crippen molar-refractivity contribution in [2.45, 2.75) is 12.8 Å². The Kier molecular flexibility index (Phi) is 5.81. The van der Waals surface area contributed by atoms with Crippen LogP contribution < -0.4 is 19.9 Å². The molecule has 0 bridgehead atoms. The van der Waals surface area contributed by atoms with Crippen molar-refractivity contribution in [1.29, 1.82) is 0 Å². The molecule has 3 aromatic rings. The van der Waals surface area contributed by atoms with Crippen molar-refractivity contribution in [3.63, 3.8) is 0 Å². The first-order valence-electron chi connectivity index (χ1n) is 8.50. The van der Waals surface area contributed by atoms with Crippen LogP contribution in [0.3, 0.4) is 0 Å². The van der Waals surface area contributed by atoms with E-state index in [2.05, 4.69) is 10.3 Å². The van der Waals surface area contributed by atoms with Crippen LogP contribution in [0.15, 0.2) is 42.6 Å². The molecule has 0 atom stereocenters. The second kappa shape index (κ2) is 8.31. The largest absolute Gasteiger partial charge is 0.493 e. The standard InChI is InChI=1S/C19H17F3N4O4/c1-28-16-7-14(18(23)27)15(8-17(16)29-2)26-9-12(24-25-26)10-30-13-5-3-11(4-6-13)19(20,21)22/h3-9H,10H2,1-2H3,(H2,23,27). The number of nitrogens with two attached hydrogens (primary N) is 1. The lowest BCUT2D eigenvalue weighted by Crippen LogP contribution is -2.15. The first kappa shape index (κ1) is 21.0. The van der Waals surface area contributed by atoms with Gasteiger partial charge in [0.2, 0.25) is 0 Å². The van der Waals surface area contributed by atoms with Crippen LogP contribution in [0.4, 0.5) is 13.2 Å². The molecule has 0 saturated carbocycles. The summed E-state index contributed by atoms with van der Waals surface area (Å²) in [4.78, 5) is 11.8. The van der Waals surface area contributed by atoms with E-state index in [1.54, 1.807) is 0 Å². The number of carbonyl (C=O) groups is 1. The molecule has 0 radical (unpaired) electrons. The van der Waals surface area contributed by atoms with Crippen LogP contribution in [0, 0.1) is 0 Å². The number of nitrogens with zero attached hydrogens (tertiary/aromatic N) is 3. The average Bonchev–Trinajstić information content (AvgIpc) is 3.19. The maximum atomic E-state index is 12.6. The number of carbonyl (C=O) groups excluding carboxylic acids is 1. The molecule has 3 rings (SSSR count). The van der Waals surface area contributed by atoms with Crippen molar-refractivity contribution >= 4 is 5.91 Å². The summed E-state index contributed by atoms with van der Waals surface area (Å²) in [6.45, 7) is -0.0510. The van der Waals surface area contributed by atoms with Crippen LogP contribution in [0.5, 0.6) is 17.2 Å². The van der Waals surface area contributed by atoms with E-state index in [9.17, 15) is 18.0 Å². The Labute approximate surface area is 169 Å². The number of alkyl halides is 3. The van der Waals surface area contributed by atoms with Crippen molar-refractivity contribution in [3.8, 4) is 22.9 Å². The van der Waals surface area contributed by atoms with E-state index in [0.29, 0.717) is 22.9 Å². The molecule has 2 aromatic carbocycles. The molecule has 11 heteroatoms. The number of ether oxygens (including phenoxy) is 3. The molecule has 1 amide bonds. The lowest BCUT2D eigenvalue weighted by molar-refractivity contribution is -0.137. The van der Waals surface area contributed by atoms with Gasteiger partial charge in [0.05, 0.1) is 37.2 Å². The van der Waals surface area contributed by atoms with Gasteiger partial charge in [-0.25, -0.2) is 4.68 Å². The fourth-order valence-corrected chi connectivity index (χ4v) is 2.63. The van der Waals surface area contributed by atoms with Gasteiger partial charge < -0.3 is 19.9 Å². The molecule has 0 aliphatic heterocycles. The zero-order chi connectivity index (χ0) is 21.9. The Morgan fingerprint density at radius 1 is 1.10 bits per heavy atom. The summed E-state index contributed by atoms with van der Waals surface area (Å²) >= 11 is 0. The lowest BCUT2D eigenvalue weighted by atomic mass is 10.1. The highest BCUT2D eigenvalue weighted by Crippen LogP contribution is 2.32. The summed E-state index contributed by atoms with van der Waals surface area (Å²) < 4.78 is 55.0. The monoisotopic (exact) mass is 422 g/mol. The summed E-state index contributed by atoms with van der Waals surface area (Å²) in [5.41, 5.74) is 5.50. The van der Waals surface area contributed by atoms with Crippen molar-refractivity contribution in [3.05, 3.63) is 59.4 Å². The van der Waals surface area contributed by atoms with E-state index in [1.807, 2.05) is 0 Å². The summed E-state index contributed by atoms with van der Waals surface area (Å²) in [6.07, 6.45) is -2.92. The third-order valence-electron chi connectivity index (χ3n) is 4.12. The second-order valence-electron chi connectivity index (χ2n) is 6.05. The molecule has 0 aliphatic carbocycles. The maximum Gasteiger partial charge on any atom is 0.416 e. The highest BCUT2D eigenvalue weighted by molar-refractivity contribution is 5.97. The van der Waals surface area contributed by atoms with E-state index in [1.165, 1.54) is 49.4 Å². The van der Waals surface area contributed by atoms with Crippen molar-refractivity contribution < 1.29 is 32.2 Å². The number of amides is 1. The van der Waals surface area contributed by atoms with Gasteiger partial charge in [-0.15, -0.1) is 5.10 Å².